The summed E-state index contributed by atoms with van der Waals surface area (Å²) in [6.45, 7) is 7.02. The van der Waals surface area contributed by atoms with Crippen molar-refractivity contribution in [3.05, 3.63) is 12.0 Å². The van der Waals surface area contributed by atoms with Crippen molar-refractivity contribution in [3.63, 3.8) is 0 Å². The molecule has 0 atom stereocenters. The Balaban J connectivity index is 1.93. The Hall–Kier alpha value is -1.07. The van der Waals surface area contributed by atoms with Gasteiger partial charge in [-0.15, -0.1) is 0 Å². The Morgan fingerprint density at radius 3 is 3.00 bits per heavy atom. The first-order valence-electron chi connectivity index (χ1n) is 5.38. The normalized spacial score (nSPS) is 17.0. The predicted molar refractivity (Wildman–Crippen MR) is 56.9 cm³/mol. The van der Waals surface area contributed by atoms with Crippen molar-refractivity contribution in [2.24, 2.45) is 0 Å². The molecule has 0 bridgehead atoms. The fraction of sp³-hybridized carbons (Fsp3) is 0.700. The van der Waals surface area contributed by atoms with Gasteiger partial charge in [-0.25, -0.2) is 0 Å². The van der Waals surface area contributed by atoms with Gasteiger partial charge in [0, 0.05) is 19.6 Å². The number of morpholine rings is 1. The molecule has 1 aliphatic rings. The second-order valence-electron chi connectivity index (χ2n) is 3.50. The molecular weight excluding hydrogens is 194 g/mol. The van der Waals surface area contributed by atoms with E-state index in [1.807, 2.05) is 0 Å². The topological polar surface area (TPSA) is 50.5 Å². The standard InChI is InChI=1S/C10H17N3O2/c1-2-11-7-9-8-15-10(12-9)13-3-5-14-6-4-13/h8,11H,2-7H2,1H3. The third-order valence-electron chi connectivity index (χ3n) is 2.38. The molecule has 0 unspecified atom stereocenters. The van der Waals surface area contributed by atoms with Gasteiger partial charge in [0.05, 0.1) is 18.9 Å². The molecule has 5 nitrogen and oxygen atoms in total. The van der Waals surface area contributed by atoms with Crippen LogP contribution in [0.15, 0.2) is 10.7 Å². The summed E-state index contributed by atoms with van der Waals surface area (Å²) in [5.41, 5.74) is 0.957. The van der Waals surface area contributed by atoms with Crippen molar-refractivity contribution >= 4 is 6.01 Å². The lowest BCUT2D eigenvalue weighted by Gasteiger charge is -2.24. The van der Waals surface area contributed by atoms with Crippen LogP contribution in [0.3, 0.4) is 0 Å². The van der Waals surface area contributed by atoms with Crippen LogP contribution in [0.25, 0.3) is 0 Å². The van der Waals surface area contributed by atoms with Crippen LogP contribution in [0.5, 0.6) is 0 Å². The van der Waals surface area contributed by atoms with Gasteiger partial charge in [-0.1, -0.05) is 6.92 Å². The fourth-order valence-corrected chi connectivity index (χ4v) is 1.53. The minimum absolute atomic E-state index is 0.714. The van der Waals surface area contributed by atoms with Crippen LogP contribution in [0.4, 0.5) is 6.01 Å². The molecule has 1 aromatic rings. The number of hydrogen-bond acceptors (Lipinski definition) is 5. The highest BCUT2D eigenvalue weighted by molar-refractivity contribution is 5.27. The van der Waals surface area contributed by atoms with Crippen LogP contribution in [0.2, 0.25) is 0 Å². The monoisotopic (exact) mass is 211 g/mol. The van der Waals surface area contributed by atoms with Crippen molar-refractivity contribution in [2.45, 2.75) is 13.5 Å². The minimum atomic E-state index is 0.714. The first kappa shape index (κ1) is 10.4. The summed E-state index contributed by atoms with van der Waals surface area (Å²) in [6.07, 6.45) is 1.72. The lowest BCUT2D eigenvalue weighted by atomic mass is 10.4. The molecule has 0 radical (unpaired) electrons. The summed E-state index contributed by atoms with van der Waals surface area (Å²) in [7, 11) is 0. The maximum Gasteiger partial charge on any atom is 0.297 e. The minimum Gasteiger partial charge on any atom is -0.432 e. The molecule has 0 aromatic carbocycles. The van der Waals surface area contributed by atoms with E-state index < -0.39 is 0 Å². The number of oxazole rings is 1. The average Bonchev–Trinajstić information content (AvgIpc) is 2.76. The SMILES string of the molecule is CCNCc1coc(N2CCOCC2)n1. The van der Waals surface area contributed by atoms with E-state index in [2.05, 4.69) is 22.1 Å². The summed E-state index contributed by atoms with van der Waals surface area (Å²) in [4.78, 5) is 6.52. The summed E-state index contributed by atoms with van der Waals surface area (Å²) >= 11 is 0. The Morgan fingerprint density at radius 1 is 1.47 bits per heavy atom. The Labute approximate surface area is 89.4 Å². The quantitative estimate of drug-likeness (QED) is 0.791. The van der Waals surface area contributed by atoms with Crippen molar-refractivity contribution in [1.82, 2.24) is 10.3 Å². The Morgan fingerprint density at radius 2 is 2.27 bits per heavy atom. The molecule has 0 saturated carbocycles. The number of anilines is 1. The number of rotatable bonds is 4. The van der Waals surface area contributed by atoms with Crippen molar-refractivity contribution in [2.75, 3.05) is 37.7 Å². The number of ether oxygens (including phenoxy) is 1. The van der Waals surface area contributed by atoms with Crippen LogP contribution >= 0.6 is 0 Å². The zero-order chi connectivity index (χ0) is 10.5. The van der Waals surface area contributed by atoms with E-state index in [1.165, 1.54) is 0 Å². The van der Waals surface area contributed by atoms with E-state index in [4.69, 9.17) is 9.15 Å². The first-order valence-corrected chi connectivity index (χ1v) is 5.38. The zero-order valence-corrected chi connectivity index (χ0v) is 9.03. The number of aromatic nitrogens is 1. The van der Waals surface area contributed by atoms with Gasteiger partial charge in [0.1, 0.15) is 6.26 Å². The molecule has 1 fully saturated rings. The Bertz CT molecular complexity index is 295. The molecule has 0 spiro atoms. The zero-order valence-electron chi connectivity index (χ0n) is 9.03. The third kappa shape index (κ3) is 2.70. The van der Waals surface area contributed by atoms with Gasteiger partial charge in [0.15, 0.2) is 0 Å². The smallest absolute Gasteiger partial charge is 0.297 e. The predicted octanol–water partition coefficient (Wildman–Crippen LogP) is 0.621. The van der Waals surface area contributed by atoms with E-state index in [0.717, 1.165) is 45.1 Å². The van der Waals surface area contributed by atoms with E-state index in [1.54, 1.807) is 6.26 Å². The maximum absolute atomic E-state index is 5.42. The molecular formula is C10H17N3O2. The molecule has 2 heterocycles. The molecule has 2 rings (SSSR count). The molecule has 1 aromatic heterocycles. The summed E-state index contributed by atoms with van der Waals surface area (Å²) in [6, 6.07) is 0.714. The lowest BCUT2D eigenvalue weighted by molar-refractivity contribution is 0.120. The van der Waals surface area contributed by atoms with Crippen LogP contribution in [0, 0.1) is 0 Å². The molecule has 1 aliphatic heterocycles. The fourth-order valence-electron chi connectivity index (χ4n) is 1.53. The highest BCUT2D eigenvalue weighted by atomic mass is 16.5. The maximum atomic E-state index is 5.42. The number of hydrogen-bond donors (Lipinski definition) is 1. The highest BCUT2D eigenvalue weighted by Crippen LogP contribution is 2.14. The number of nitrogens with one attached hydrogen (secondary N) is 1. The molecule has 15 heavy (non-hydrogen) atoms. The van der Waals surface area contributed by atoms with Crippen molar-refractivity contribution in [1.29, 1.82) is 0 Å². The van der Waals surface area contributed by atoms with E-state index in [0.29, 0.717) is 6.01 Å². The molecule has 1 saturated heterocycles. The molecule has 1 N–H and O–H groups in total. The number of nitrogens with zero attached hydrogens (tertiary/aromatic N) is 2. The largest absolute Gasteiger partial charge is 0.432 e. The molecule has 5 heteroatoms. The highest BCUT2D eigenvalue weighted by Gasteiger charge is 2.15. The van der Waals surface area contributed by atoms with Crippen molar-refractivity contribution in [3.8, 4) is 0 Å². The molecule has 0 aliphatic carbocycles. The van der Waals surface area contributed by atoms with Gasteiger partial charge in [0.2, 0.25) is 0 Å². The van der Waals surface area contributed by atoms with Gasteiger partial charge in [-0.05, 0) is 6.54 Å². The van der Waals surface area contributed by atoms with Crippen molar-refractivity contribution < 1.29 is 9.15 Å². The molecule has 0 amide bonds. The van der Waals surface area contributed by atoms with Crippen LogP contribution in [-0.4, -0.2) is 37.8 Å². The summed E-state index contributed by atoms with van der Waals surface area (Å²) in [5.74, 6) is 0. The van der Waals surface area contributed by atoms with E-state index in [-0.39, 0.29) is 0 Å². The van der Waals surface area contributed by atoms with Gasteiger partial charge < -0.3 is 19.4 Å². The van der Waals surface area contributed by atoms with E-state index >= 15 is 0 Å². The third-order valence-corrected chi connectivity index (χ3v) is 2.38. The summed E-state index contributed by atoms with van der Waals surface area (Å²) in [5, 5.41) is 3.22. The summed E-state index contributed by atoms with van der Waals surface area (Å²) < 4.78 is 10.7. The van der Waals surface area contributed by atoms with Gasteiger partial charge >= 0.3 is 0 Å². The second-order valence-corrected chi connectivity index (χ2v) is 3.50. The first-order chi connectivity index (χ1) is 7.40. The average molecular weight is 211 g/mol. The van der Waals surface area contributed by atoms with E-state index in [9.17, 15) is 0 Å². The van der Waals surface area contributed by atoms with Gasteiger partial charge in [-0.3, -0.25) is 0 Å². The second kappa shape index (κ2) is 5.14. The van der Waals surface area contributed by atoms with Gasteiger partial charge in [-0.2, -0.15) is 4.98 Å². The molecule has 84 valence electrons. The van der Waals surface area contributed by atoms with Crippen LogP contribution in [0.1, 0.15) is 12.6 Å². The van der Waals surface area contributed by atoms with Gasteiger partial charge in [0.25, 0.3) is 6.01 Å². The Kier molecular flexibility index (Phi) is 3.58. The van der Waals surface area contributed by atoms with Crippen LogP contribution in [-0.2, 0) is 11.3 Å². The van der Waals surface area contributed by atoms with Crippen LogP contribution < -0.4 is 10.2 Å². The lowest BCUT2D eigenvalue weighted by Crippen LogP contribution is -2.36.